The first kappa shape index (κ1) is 24.7. The molecule has 9 nitrogen and oxygen atoms in total. The van der Waals surface area contributed by atoms with Crippen molar-refractivity contribution >= 4 is 23.9 Å². The summed E-state index contributed by atoms with van der Waals surface area (Å²) in [5.41, 5.74) is -2.59. The number of nitrogens with zero attached hydrogens (tertiary/aromatic N) is 1. The quantitative estimate of drug-likeness (QED) is 0.290. The predicted octanol–water partition coefficient (Wildman–Crippen LogP) is 1.43. The fraction of sp³-hybridized carbons (Fsp3) is 0.316. The summed E-state index contributed by atoms with van der Waals surface area (Å²) in [7, 11) is 0. The number of hydrogen-bond donors (Lipinski definition) is 2. The van der Waals surface area contributed by atoms with Gasteiger partial charge >= 0.3 is 23.9 Å². The second-order valence-corrected chi connectivity index (χ2v) is 5.20. The molecule has 152 valence electrons. The average molecular weight is 393 g/mol. The van der Waals surface area contributed by atoms with E-state index < -0.39 is 42.3 Å². The van der Waals surface area contributed by atoms with E-state index in [0.717, 1.165) is 6.08 Å². The Hall–Kier alpha value is -3.33. The molecule has 1 heterocycles. The number of ether oxygens (including phenoxy) is 2. The summed E-state index contributed by atoms with van der Waals surface area (Å²) < 4.78 is 8.87. The summed E-state index contributed by atoms with van der Waals surface area (Å²) in [4.78, 5) is 48.9. The molecule has 0 spiro atoms. The summed E-state index contributed by atoms with van der Waals surface area (Å²) >= 11 is 0. The molecule has 2 N–H and O–H groups in total. The predicted molar refractivity (Wildman–Crippen MR) is 97.7 cm³/mol. The SMILES string of the molecule is C/C=C/C=C/C(=O)OC(=O)CC(O)(CC(=O)O)C(=O)OCC.c1ccncc1. The lowest BCUT2D eigenvalue weighted by Gasteiger charge is -2.22. The fourth-order valence-electron chi connectivity index (χ4n) is 1.70. The van der Waals surface area contributed by atoms with E-state index in [1.807, 2.05) is 18.2 Å². The van der Waals surface area contributed by atoms with Crippen molar-refractivity contribution in [2.24, 2.45) is 0 Å². The van der Waals surface area contributed by atoms with Gasteiger partial charge in [0, 0.05) is 18.5 Å². The zero-order valence-electron chi connectivity index (χ0n) is 15.6. The van der Waals surface area contributed by atoms with Gasteiger partial charge in [-0.05, 0) is 26.0 Å². The number of aromatic nitrogens is 1. The van der Waals surface area contributed by atoms with E-state index in [2.05, 4.69) is 14.5 Å². The van der Waals surface area contributed by atoms with Crippen LogP contribution in [0.5, 0.6) is 0 Å². The van der Waals surface area contributed by atoms with Gasteiger partial charge in [-0.3, -0.25) is 14.6 Å². The highest BCUT2D eigenvalue weighted by atomic mass is 16.6. The smallest absolute Gasteiger partial charge is 0.339 e. The Morgan fingerprint density at radius 2 is 1.71 bits per heavy atom. The average Bonchev–Trinajstić information content (AvgIpc) is 2.63. The van der Waals surface area contributed by atoms with E-state index in [4.69, 9.17) is 5.11 Å². The number of aliphatic hydroxyl groups is 1. The molecule has 1 aromatic rings. The van der Waals surface area contributed by atoms with Crippen LogP contribution in [0.1, 0.15) is 26.7 Å². The molecule has 0 amide bonds. The van der Waals surface area contributed by atoms with Crippen LogP contribution >= 0.6 is 0 Å². The Kier molecular flexibility index (Phi) is 12.2. The van der Waals surface area contributed by atoms with Gasteiger partial charge < -0.3 is 19.7 Å². The third-order valence-electron chi connectivity index (χ3n) is 2.85. The van der Waals surface area contributed by atoms with Crippen molar-refractivity contribution in [3.05, 3.63) is 54.9 Å². The number of carboxylic acid groups (broad SMARTS) is 1. The van der Waals surface area contributed by atoms with Crippen LogP contribution in [0.15, 0.2) is 54.9 Å². The molecule has 0 aliphatic carbocycles. The molecule has 9 heteroatoms. The lowest BCUT2D eigenvalue weighted by Crippen LogP contribution is -2.44. The molecular weight excluding hydrogens is 370 g/mol. The molecule has 1 aromatic heterocycles. The third kappa shape index (κ3) is 11.3. The van der Waals surface area contributed by atoms with Crippen molar-refractivity contribution in [3.63, 3.8) is 0 Å². The highest BCUT2D eigenvalue weighted by molar-refractivity contribution is 5.95. The van der Waals surface area contributed by atoms with Crippen molar-refractivity contribution < 1.29 is 38.9 Å². The molecule has 0 saturated carbocycles. The van der Waals surface area contributed by atoms with Crippen LogP contribution in [0.2, 0.25) is 0 Å². The Labute approximate surface area is 162 Å². The van der Waals surface area contributed by atoms with Crippen LogP contribution in [0.4, 0.5) is 0 Å². The van der Waals surface area contributed by atoms with Gasteiger partial charge in [0.1, 0.15) is 0 Å². The normalized spacial score (nSPS) is 12.5. The van der Waals surface area contributed by atoms with Gasteiger partial charge in [0.05, 0.1) is 19.4 Å². The highest BCUT2D eigenvalue weighted by Crippen LogP contribution is 2.19. The molecule has 1 unspecified atom stereocenters. The van der Waals surface area contributed by atoms with Gasteiger partial charge in [0.25, 0.3) is 0 Å². The summed E-state index contributed by atoms with van der Waals surface area (Å²) in [5, 5.41) is 18.7. The standard InChI is InChI=1S/C14H18O8.C5H5N/c1-3-5-6-7-11(17)22-12(18)9-14(20,8-10(15)16)13(19)21-4-2;1-2-4-6-5-3-1/h3,5-7,20H,4,8-9H2,1-2H3,(H,15,16);1-5H/b5-3+,7-6+;. The number of esters is 3. The maximum atomic E-state index is 11.6. The van der Waals surface area contributed by atoms with Crippen LogP contribution in [-0.4, -0.2) is 51.3 Å². The molecule has 0 aromatic carbocycles. The Bertz CT molecular complexity index is 672. The molecule has 1 atom stereocenters. The summed E-state index contributed by atoms with van der Waals surface area (Å²) in [6.07, 6.45) is 6.87. The minimum absolute atomic E-state index is 0.110. The molecular formula is C19H23NO8. The second kappa shape index (κ2) is 13.8. The second-order valence-electron chi connectivity index (χ2n) is 5.20. The van der Waals surface area contributed by atoms with E-state index in [0.29, 0.717) is 0 Å². The lowest BCUT2D eigenvalue weighted by molar-refractivity contribution is -0.177. The van der Waals surface area contributed by atoms with Crippen LogP contribution in [-0.2, 0) is 28.7 Å². The van der Waals surface area contributed by atoms with Crippen molar-refractivity contribution in [3.8, 4) is 0 Å². The van der Waals surface area contributed by atoms with Crippen LogP contribution < -0.4 is 0 Å². The van der Waals surface area contributed by atoms with E-state index in [-0.39, 0.29) is 6.61 Å². The number of pyridine rings is 1. The molecule has 0 fully saturated rings. The summed E-state index contributed by atoms with van der Waals surface area (Å²) in [5.74, 6) is -5.04. The topological polar surface area (TPSA) is 140 Å². The molecule has 0 radical (unpaired) electrons. The summed E-state index contributed by atoms with van der Waals surface area (Å²) in [6.45, 7) is 3.06. The summed E-state index contributed by atoms with van der Waals surface area (Å²) in [6, 6.07) is 5.72. The zero-order chi connectivity index (χ0) is 21.4. The van der Waals surface area contributed by atoms with Crippen LogP contribution in [0, 0.1) is 0 Å². The Morgan fingerprint density at radius 3 is 2.14 bits per heavy atom. The Morgan fingerprint density at radius 1 is 1.07 bits per heavy atom. The molecule has 1 rings (SSSR count). The minimum atomic E-state index is -2.59. The number of carbonyl (C=O) groups is 4. The lowest BCUT2D eigenvalue weighted by atomic mass is 9.96. The van der Waals surface area contributed by atoms with Gasteiger partial charge in [-0.2, -0.15) is 0 Å². The van der Waals surface area contributed by atoms with Gasteiger partial charge in [-0.1, -0.05) is 24.3 Å². The van der Waals surface area contributed by atoms with E-state index in [9.17, 15) is 24.3 Å². The van der Waals surface area contributed by atoms with Crippen molar-refractivity contribution in [2.75, 3.05) is 6.61 Å². The van der Waals surface area contributed by atoms with Crippen molar-refractivity contribution in [1.29, 1.82) is 0 Å². The van der Waals surface area contributed by atoms with Gasteiger partial charge in [-0.15, -0.1) is 0 Å². The largest absolute Gasteiger partial charge is 0.481 e. The first-order chi connectivity index (χ1) is 13.2. The third-order valence-corrected chi connectivity index (χ3v) is 2.85. The van der Waals surface area contributed by atoms with E-state index in [1.54, 1.807) is 25.4 Å². The number of aliphatic carboxylic acids is 1. The van der Waals surface area contributed by atoms with Crippen LogP contribution in [0.25, 0.3) is 0 Å². The van der Waals surface area contributed by atoms with E-state index in [1.165, 1.54) is 19.1 Å². The first-order valence-corrected chi connectivity index (χ1v) is 8.25. The molecule has 28 heavy (non-hydrogen) atoms. The molecule has 0 aliphatic heterocycles. The maximum absolute atomic E-state index is 11.6. The van der Waals surface area contributed by atoms with Crippen molar-refractivity contribution in [2.45, 2.75) is 32.3 Å². The number of carbonyl (C=O) groups excluding carboxylic acids is 3. The molecule has 0 saturated heterocycles. The first-order valence-electron chi connectivity index (χ1n) is 8.25. The monoisotopic (exact) mass is 393 g/mol. The Balaban J connectivity index is 0.00000102. The van der Waals surface area contributed by atoms with E-state index >= 15 is 0 Å². The van der Waals surface area contributed by atoms with Crippen LogP contribution in [0.3, 0.4) is 0 Å². The number of rotatable bonds is 8. The molecule has 0 bridgehead atoms. The van der Waals surface area contributed by atoms with Crippen molar-refractivity contribution in [1.82, 2.24) is 4.98 Å². The number of hydrogen-bond acceptors (Lipinski definition) is 8. The molecule has 0 aliphatic rings. The van der Waals surface area contributed by atoms with Gasteiger partial charge in [0.15, 0.2) is 5.60 Å². The minimum Gasteiger partial charge on any atom is -0.481 e. The highest BCUT2D eigenvalue weighted by Gasteiger charge is 2.43. The number of carboxylic acids is 1. The fourth-order valence-corrected chi connectivity index (χ4v) is 1.70. The number of allylic oxidation sites excluding steroid dienone is 3. The van der Waals surface area contributed by atoms with Gasteiger partial charge in [-0.25, -0.2) is 9.59 Å². The zero-order valence-corrected chi connectivity index (χ0v) is 15.6. The van der Waals surface area contributed by atoms with Gasteiger partial charge in [0.2, 0.25) is 0 Å². The maximum Gasteiger partial charge on any atom is 0.339 e.